The lowest BCUT2D eigenvalue weighted by Gasteiger charge is -2.08. The van der Waals surface area contributed by atoms with E-state index in [0.717, 1.165) is 11.3 Å². The number of esters is 1. The van der Waals surface area contributed by atoms with Crippen LogP contribution in [0.2, 0.25) is 0 Å². The van der Waals surface area contributed by atoms with E-state index in [2.05, 4.69) is 4.98 Å². The van der Waals surface area contributed by atoms with E-state index < -0.39 is 0 Å². The quantitative estimate of drug-likeness (QED) is 0.322. The number of pyridine rings is 1. The van der Waals surface area contributed by atoms with Crippen molar-refractivity contribution >= 4 is 5.97 Å². The molecule has 0 aliphatic carbocycles. The Hall–Kier alpha value is -3.34. The maximum atomic E-state index is 11.9. The van der Waals surface area contributed by atoms with Crippen LogP contribution in [0.15, 0.2) is 72.9 Å². The molecular weight excluding hydrogens is 342 g/mol. The average molecular weight is 363 g/mol. The van der Waals surface area contributed by atoms with Crippen molar-refractivity contribution in [3.05, 3.63) is 78.5 Å². The lowest BCUT2D eigenvalue weighted by molar-refractivity contribution is -0.134. The number of ether oxygens (including phenoxy) is 3. The molecule has 0 saturated heterocycles. The Labute approximate surface area is 158 Å². The summed E-state index contributed by atoms with van der Waals surface area (Å²) in [5.74, 6) is 2.14. The third kappa shape index (κ3) is 6.15. The highest BCUT2D eigenvalue weighted by Crippen LogP contribution is 2.22. The zero-order valence-corrected chi connectivity index (χ0v) is 15.1. The van der Waals surface area contributed by atoms with Gasteiger partial charge in [-0.15, -0.1) is 0 Å². The highest BCUT2D eigenvalue weighted by Gasteiger charge is 2.06. The third-order valence-electron chi connectivity index (χ3n) is 3.70. The van der Waals surface area contributed by atoms with Gasteiger partial charge in [0.15, 0.2) is 0 Å². The van der Waals surface area contributed by atoms with Crippen LogP contribution < -0.4 is 14.2 Å². The summed E-state index contributed by atoms with van der Waals surface area (Å²) in [6.45, 7) is 2.48. The van der Waals surface area contributed by atoms with Crippen LogP contribution in [-0.4, -0.2) is 17.6 Å². The first-order chi connectivity index (χ1) is 13.2. The van der Waals surface area contributed by atoms with Crippen LogP contribution in [0.5, 0.6) is 23.1 Å². The van der Waals surface area contributed by atoms with E-state index in [4.69, 9.17) is 14.2 Å². The van der Waals surface area contributed by atoms with E-state index >= 15 is 0 Å². The average Bonchev–Trinajstić information content (AvgIpc) is 2.68. The van der Waals surface area contributed by atoms with Gasteiger partial charge >= 0.3 is 5.97 Å². The Balaban J connectivity index is 1.40. The van der Waals surface area contributed by atoms with Crippen LogP contribution in [-0.2, 0) is 4.79 Å². The molecule has 0 aliphatic heterocycles. The number of carbonyl (C=O) groups excluding carboxylic acids is 1. The molecule has 5 heteroatoms. The summed E-state index contributed by atoms with van der Waals surface area (Å²) in [5, 5.41) is 0. The molecule has 1 heterocycles. The van der Waals surface area contributed by atoms with E-state index in [-0.39, 0.29) is 12.4 Å². The molecule has 0 bridgehead atoms. The smallest absolute Gasteiger partial charge is 0.311 e. The monoisotopic (exact) mass is 363 g/mol. The van der Waals surface area contributed by atoms with Gasteiger partial charge in [-0.3, -0.25) is 4.79 Å². The minimum absolute atomic E-state index is 0.290. The molecule has 138 valence electrons. The maximum Gasteiger partial charge on any atom is 0.311 e. The molecular formula is C22H21NO4. The Kier molecular flexibility index (Phi) is 6.41. The first-order valence-electron chi connectivity index (χ1n) is 8.78. The van der Waals surface area contributed by atoms with Crippen molar-refractivity contribution in [2.75, 3.05) is 6.61 Å². The summed E-state index contributed by atoms with van der Waals surface area (Å²) < 4.78 is 16.6. The zero-order valence-electron chi connectivity index (χ0n) is 15.1. The van der Waals surface area contributed by atoms with Gasteiger partial charge in [-0.1, -0.05) is 18.2 Å². The fourth-order valence-corrected chi connectivity index (χ4v) is 2.40. The van der Waals surface area contributed by atoms with Gasteiger partial charge in [0.2, 0.25) is 5.88 Å². The Bertz CT molecular complexity index is 863. The van der Waals surface area contributed by atoms with E-state index in [9.17, 15) is 4.79 Å². The molecule has 2 aromatic carbocycles. The third-order valence-corrected chi connectivity index (χ3v) is 3.70. The van der Waals surface area contributed by atoms with Gasteiger partial charge in [0, 0.05) is 18.7 Å². The lowest BCUT2D eigenvalue weighted by Crippen LogP contribution is -2.09. The van der Waals surface area contributed by atoms with E-state index in [1.54, 1.807) is 36.5 Å². The van der Waals surface area contributed by atoms with Crippen molar-refractivity contribution in [3.8, 4) is 23.1 Å². The number of hydrogen-bond acceptors (Lipinski definition) is 5. The first kappa shape index (κ1) is 18.5. The number of aromatic nitrogens is 1. The fourth-order valence-electron chi connectivity index (χ4n) is 2.40. The largest absolute Gasteiger partial charge is 0.494 e. The maximum absolute atomic E-state index is 11.9. The number of rotatable bonds is 8. The molecule has 0 amide bonds. The molecule has 1 aromatic heterocycles. The molecule has 0 saturated carbocycles. The first-order valence-corrected chi connectivity index (χ1v) is 8.78. The van der Waals surface area contributed by atoms with Gasteiger partial charge in [0.05, 0.1) is 6.61 Å². The molecule has 0 aliphatic rings. The summed E-state index contributed by atoms with van der Waals surface area (Å²) in [5.41, 5.74) is 1.14. The second-order valence-electron chi connectivity index (χ2n) is 5.98. The molecule has 27 heavy (non-hydrogen) atoms. The Morgan fingerprint density at radius 2 is 1.74 bits per heavy atom. The molecule has 5 nitrogen and oxygen atoms in total. The number of benzene rings is 2. The highest BCUT2D eigenvalue weighted by atomic mass is 16.5. The van der Waals surface area contributed by atoms with Crippen molar-refractivity contribution in [2.24, 2.45) is 0 Å². The summed E-state index contributed by atoms with van der Waals surface area (Å²) >= 11 is 0. The lowest BCUT2D eigenvalue weighted by atomic mass is 10.2. The van der Waals surface area contributed by atoms with Crippen molar-refractivity contribution in [1.82, 2.24) is 4.98 Å². The zero-order chi connectivity index (χ0) is 18.9. The molecule has 0 unspecified atom stereocenters. The van der Waals surface area contributed by atoms with Crippen LogP contribution in [0.25, 0.3) is 0 Å². The predicted octanol–water partition coefficient (Wildman–Crippen LogP) is 4.95. The summed E-state index contributed by atoms with van der Waals surface area (Å²) in [6, 6.07) is 20.1. The highest BCUT2D eigenvalue weighted by molar-refractivity contribution is 5.72. The summed E-state index contributed by atoms with van der Waals surface area (Å²) in [4.78, 5) is 16.0. The van der Waals surface area contributed by atoms with Crippen molar-refractivity contribution < 1.29 is 19.0 Å². The topological polar surface area (TPSA) is 57.7 Å². The fraction of sp³-hybridized carbons (Fsp3) is 0.182. The van der Waals surface area contributed by atoms with E-state index in [1.807, 2.05) is 43.3 Å². The summed E-state index contributed by atoms with van der Waals surface area (Å²) in [6.07, 6.45) is 2.54. The molecule has 0 fully saturated rings. The Morgan fingerprint density at radius 3 is 2.48 bits per heavy atom. The predicted molar refractivity (Wildman–Crippen MR) is 102 cm³/mol. The van der Waals surface area contributed by atoms with Gasteiger partial charge in [-0.2, -0.15) is 0 Å². The minimum atomic E-state index is -0.291. The van der Waals surface area contributed by atoms with Crippen LogP contribution in [0.1, 0.15) is 18.4 Å². The van der Waals surface area contributed by atoms with Crippen LogP contribution in [0.3, 0.4) is 0 Å². The number of nitrogens with zero attached hydrogens (tertiary/aromatic N) is 1. The van der Waals surface area contributed by atoms with Gasteiger partial charge in [0.25, 0.3) is 0 Å². The van der Waals surface area contributed by atoms with Crippen molar-refractivity contribution in [2.45, 2.75) is 19.8 Å². The van der Waals surface area contributed by atoms with E-state index in [0.29, 0.717) is 30.4 Å². The van der Waals surface area contributed by atoms with Crippen LogP contribution >= 0.6 is 0 Å². The van der Waals surface area contributed by atoms with Gasteiger partial charge in [0.1, 0.15) is 17.2 Å². The molecule has 0 spiro atoms. The second kappa shape index (κ2) is 9.38. The van der Waals surface area contributed by atoms with Crippen molar-refractivity contribution in [1.29, 1.82) is 0 Å². The Morgan fingerprint density at radius 1 is 0.926 bits per heavy atom. The van der Waals surface area contributed by atoms with Crippen LogP contribution in [0.4, 0.5) is 0 Å². The van der Waals surface area contributed by atoms with Crippen LogP contribution in [0, 0.1) is 6.92 Å². The van der Waals surface area contributed by atoms with Gasteiger partial charge in [-0.25, -0.2) is 4.98 Å². The molecule has 3 aromatic rings. The number of aryl methyl sites for hydroxylation is 1. The molecule has 0 atom stereocenters. The molecule has 3 rings (SSSR count). The normalized spacial score (nSPS) is 10.3. The van der Waals surface area contributed by atoms with E-state index in [1.165, 1.54) is 0 Å². The number of hydrogen-bond donors (Lipinski definition) is 0. The molecule has 0 radical (unpaired) electrons. The second-order valence-corrected chi connectivity index (χ2v) is 5.98. The minimum Gasteiger partial charge on any atom is -0.494 e. The SMILES string of the molecule is Cc1cccc(OCCCC(=O)Oc2ccc(Oc3ccccn3)cc2)c1. The molecule has 0 N–H and O–H groups in total. The van der Waals surface area contributed by atoms with Gasteiger partial charge < -0.3 is 14.2 Å². The van der Waals surface area contributed by atoms with Crippen molar-refractivity contribution in [3.63, 3.8) is 0 Å². The standard InChI is InChI=1S/C22H21NO4/c1-17-6-4-7-20(16-17)25-15-5-9-22(24)27-19-12-10-18(11-13-19)26-21-8-2-3-14-23-21/h2-4,6-8,10-14,16H,5,9,15H2,1H3. The number of carbonyl (C=O) groups is 1. The van der Waals surface area contributed by atoms with Gasteiger partial charge in [-0.05, 0) is 61.4 Å². The summed E-state index contributed by atoms with van der Waals surface area (Å²) in [7, 11) is 0.